The SMILES string of the molecule is O=C(NC1CCOCC1)c1cn(Cc2cccc(F)c2)c2cccc(F)c12. The zero-order chi connectivity index (χ0) is 18.8. The van der Waals surface area contributed by atoms with Gasteiger partial charge in [-0.25, -0.2) is 8.78 Å². The highest BCUT2D eigenvalue weighted by Gasteiger charge is 2.22. The van der Waals surface area contributed by atoms with Crippen molar-refractivity contribution in [1.82, 2.24) is 9.88 Å². The van der Waals surface area contributed by atoms with E-state index in [0.29, 0.717) is 36.2 Å². The molecule has 1 aliphatic rings. The summed E-state index contributed by atoms with van der Waals surface area (Å²) in [5, 5.41) is 3.27. The molecule has 4 rings (SSSR count). The number of benzene rings is 2. The fourth-order valence-corrected chi connectivity index (χ4v) is 3.55. The Morgan fingerprint density at radius 3 is 2.70 bits per heavy atom. The van der Waals surface area contributed by atoms with Crippen LogP contribution in [0.25, 0.3) is 10.9 Å². The largest absolute Gasteiger partial charge is 0.381 e. The fourth-order valence-electron chi connectivity index (χ4n) is 3.55. The Morgan fingerprint density at radius 2 is 1.93 bits per heavy atom. The lowest BCUT2D eigenvalue weighted by molar-refractivity contribution is 0.0697. The highest BCUT2D eigenvalue weighted by molar-refractivity contribution is 6.07. The molecule has 1 amide bonds. The first-order valence-electron chi connectivity index (χ1n) is 9.02. The van der Waals surface area contributed by atoms with Crippen molar-refractivity contribution in [3.05, 3.63) is 71.4 Å². The molecule has 2 aromatic carbocycles. The highest BCUT2D eigenvalue weighted by Crippen LogP contribution is 2.26. The maximum atomic E-state index is 14.5. The fraction of sp³-hybridized carbons (Fsp3) is 0.286. The second kappa shape index (κ2) is 7.48. The van der Waals surface area contributed by atoms with Gasteiger partial charge in [0, 0.05) is 37.4 Å². The van der Waals surface area contributed by atoms with E-state index < -0.39 is 5.82 Å². The summed E-state index contributed by atoms with van der Waals surface area (Å²) in [7, 11) is 0. The lowest BCUT2D eigenvalue weighted by atomic mass is 10.1. The average molecular weight is 370 g/mol. The van der Waals surface area contributed by atoms with Crippen molar-refractivity contribution in [3.8, 4) is 0 Å². The van der Waals surface area contributed by atoms with E-state index in [1.165, 1.54) is 18.2 Å². The molecule has 6 heteroatoms. The summed E-state index contributed by atoms with van der Waals surface area (Å²) in [5.41, 5.74) is 1.65. The van der Waals surface area contributed by atoms with E-state index in [9.17, 15) is 13.6 Å². The monoisotopic (exact) mass is 370 g/mol. The number of rotatable bonds is 4. The third-order valence-corrected chi connectivity index (χ3v) is 4.90. The number of hydrogen-bond donors (Lipinski definition) is 1. The Hall–Kier alpha value is -2.73. The van der Waals surface area contributed by atoms with Gasteiger partial charge in [-0.15, -0.1) is 0 Å². The van der Waals surface area contributed by atoms with Gasteiger partial charge in [0.2, 0.25) is 0 Å². The molecule has 1 fully saturated rings. The maximum absolute atomic E-state index is 14.5. The topological polar surface area (TPSA) is 43.3 Å². The van der Waals surface area contributed by atoms with E-state index in [-0.39, 0.29) is 17.8 Å². The molecule has 3 aromatic rings. The Kier molecular flexibility index (Phi) is 4.90. The van der Waals surface area contributed by atoms with Gasteiger partial charge in [0.15, 0.2) is 0 Å². The Labute approximate surface area is 155 Å². The summed E-state index contributed by atoms with van der Waals surface area (Å²) < 4.78 is 35.1. The first-order chi connectivity index (χ1) is 13.1. The van der Waals surface area contributed by atoms with E-state index in [0.717, 1.165) is 18.4 Å². The van der Waals surface area contributed by atoms with Crippen LogP contribution in [0.15, 0.2) is 48.7 Å². The number of amides is 1. The third kappa shape index (κ3) is 3.71. The quantitative estimate of drug-likeness (QED) is 0.758. The Bertz CT molecular complexity index is 977. The zero-order valence-corrected chi connectivity index (χ0v) is 14.8. The summed E-state index contributed by atoms with van der Waals surface area (Å²) in [4.78, 5) is 12.8. The number of ether oxygens (including phenoxy) is 1. The van der Waals surface area contributed by atoms with Gasteiger partial charge in [-0.2, -0.15) is 0 Å². The molecule has 0 saturated carbocycles. The van der Waals surface area contributed by atoms with Crippen LogP contribution in [0, 0.1) is 11.6 Å². The standard InChI is InChI=1S/C21H20F2N2O2/c22-15-4-1-3-14(11-15)12-25-13-17(20-18(23)5-2-6-19(20)25)21(26)24-16-7-9-27-10-8-16/h1-6,11,13,16H,7-10,12H2,(H,24,26). The molecule has 1 saturated heterocycles. The van der Waals surface area contributed by atoms with Gasteiger partial charge >= 0.3 is 0 Å². The van der Waals surface area contributed by atoms with Crippen LogP contribution in [0.1, 0.15) is 28.8 Å². The summed E-state index contributed by atoms with van der Waals surface area (Å²) in [6.07, 6.45) is 3.14. The molecule has 0 bridgehead atoms. The number of nitrogens with zero attached hydrogens (tertiary/aromatic N) is 1. The summed E-state index contributed by atoms with van der Waals surface area (Å²) in [5.74, 6) is -1.06. The molecule has 1 N–H and O–H groups in total. The normalized spacial score (nSPS) is 15.2. The molecule has 2 heterocycles. The predicted octanol–water partition coefficient (Wildman–Crippen LogP) is 3.88. The van der Waals surface area contributed by atoms with Crippen molar-refractivity contribution >= 4 is 16.8 Å². The number of nitrogens with one attached hydrogen (secondary N) is 1. The molecular weight excluding hydrogens is 350 g/mol. The Balaban J connectivity index is 1.69. The van der Waals surface area contributed by atoms with Crippen LogP contribution in [-0.2, 0) is 11.3 Å². The third-order valence-electron chi connectivity index (χ3n) is 4.90. The number of carbonyl (C=O) groups is 1. The van der Waals surface area contributed by atoms with Crippen LogP contribution < -0.4 is 5.32 Å². The van der Waals surface area contributed by atoms with E-state index >= 15 is 0 Å². The minimum atomic E-state index is -0.442. The van der Waals surface area contributed by atoms with Crippen LogP contribution in [-0.4, -0.2) is 29.7 Å². The molecule has 0 spiro atoms. The molecule has 27 heavy (non-hydrogen) atoms. The van der Waals surface area contributed by atoms with Crippen molar-refractivity contribution in [2.75, 3.05) is 13.2 Å². The van der Waals surface area contributed by atoms with Gasteiger partial charge in [-0.3, -0.25) is 4.79 Å². The highest BCUT2D eigenvalue weighted by atomic mass is 19.1. The van der Waals surface area contributed by atoms with Gasteiger partial charge in [-0.1, -0.05) is 18.2 Å². The van der Waals surface area contributed by atoms with Gasteiger partial charge in [0.05, 0.1) is 11.1 Å². The van der Waals surface area contributed by atoms with Crippen LogP contribution in [0.4, 0.5) is 8.78 Å². The van der Waals surface area contributed by atoms with E-state index in [1.54, 1.807) is 35.0 Å². The van der Waals surface area contributed by atoms with Crippen molar-refractivity contribution in [3.63, 3.8) is 0 Å². The van der Waals surface area contributed by atoms with Gasteiger partial charge < -0.3 is 14.6 Å². The molecular formula is C21H20F2N2O2. The van der Waals surface area contributed by atoms with Crippen molar-refractivity contribution < 1.29 is 18.3 Å². The van der Waals surface area contributed by atoms with Crippen LogP contribution in [0.3, 0.4) is 0 Å². The molecule has 1 aromatic heterocycles. The van der Waals surface area contributed by atoms with E-state index in [1.807, 2.05) is 0 Å². The first kappa shape index (κ1) is 17.7. The number of halogens is 2. The van der Waals surface area contributed by atoms with Gasteiger partial charge in [-0.05, 0) is 42.7 Å². The van der Waals surface area contributed by atoms with Crippen LogP contribution in [0.2, 0.25) is 0 Å². The molecule has 1 aliphatic heterocycles. The van der Waals surface area contributed by atoms with Crippen LogP contribution >= 0.6 is 0 Å². The van der Waals surface area contributed by atoms with Gasteiger partial charge in [0.1, 0.15) is 11.6 Å². The second-order valence-electron chi connectivity index (χ2n) is 6.79. The number of hydrogen-bond acceptors (Lipinski definition) is 2. The molecule has 0 atom stereocenters. The van der Waals surface area contributed by atoms with Crippen molar-refractivity contribution in [2.24, 2.45) is 0 Å². The van der Waals surface area contributed by atoms with Crippen molar-refractivity contribution in [1.29, 1.82) is 0 Å². The number of aromatic nitrogens is 1. The molecule has 0 unspecified atom stereocenters. The number of carbonyl (C=O) groups excluding carboxylic acids is 1. The second-order valence-corrected chi connectivity index (χ2v) is 6.79. The maximum Gasteiger partial charge on any atom is 0.253 e. The molecule has 4 nitrogen and oxygen atoms in total. The smallest absolute Gasteiger partial charge is 0.253 e. The van der Waals surface area contributed by atoms with E-state index in [4.69, 9.17) is 4.74 Å². The average Bonchev–Trinajstić information content (AvgIpc) is 3.03. The molecule has 140 valence electrons. The molecule has 0 radical (unpaired) electrons. The minimum absolute atomic E-state index is 0.0274. The zero-order valence-electron chi connectivity index (χ0n) is 14.8. The number of fused-ring (bicyclic) bond motifs is 1. The summed E-state index contributed by atoms with van der Waals surface area (Å²) >= 11 is 0. The first-order valence-corrected chi connectivity index (χ1v) is 9.02. The molecule has 0 aliphatic carbocycles. The summed E-state index contributed by atoms with van der Waals surface area (Å²) in [6, 6.07) is 11.0. The Morgan fingerprint density at radius 1 is 1.15 bits per heavy atom. The summed E-state index contributed by atoms with van der Waals surface area (Å²) in [6.45, 7) is 1.57. The predicted molar refractivity (Wildman–Crippen MR) is 98.7 cm³/mol. The van der Waals surface area contributed by atoms with Crippen molar-refractivity contribution in [2.45, 2.75) is 25.4 Å². The van der Waals surface area contributed by atoms with Gasteiger partial charge in [0.25, 0.3) is 5.91 Å². The lowest BCUT2D eigenvalue weighted by Crippen LogP contribution is -2.38. The van der Waals surface area contributed by atoms with Crippen LogP contribution in [0.5, 0.6) is 0 Å². The van der Waals surface area contributed by atoms with E-state index in [2.05, 4.69) is 5.32 Å². The lowest BCUT2D eigenvalue weighted by Gasteiger charge is -2.22. The minimum Gasteiger partial charge on any atom is -0.381 e.